The fraction of sp³-hybridized carbons (Fsp3) is 0.346. The van der Waals surface area contributed by atoms with E-state index in [1.807, 2.05) is 65.0 Å². The smallest absolute Gasteiger partial charge is 0.306 e. The molecular formula is C26H30N2O3S. The summed E-state index contributed by atoms with van der Waals surface area (Å²) in [5, 5.41) is 0.847. The van der Waals surface area contributed by atoms with Crippen molar-refractivity contribution < 1.29 is 14.3 Å². The molecule has 32 heavy (non-hydrogen) atoms. The first-order chi connectivity index (χ1) is 15.2. The molecule has 168 valence electrons. The van der Waals surface area contributed by atoms with Crippen LogP contribution in [0.4, 0.5) is 0 Å². The molecule has 1 aromatic heterocycles. The number of rotatable bonds is 8. The van der Waals surface area contributed by atoms with Gasteiger partial charge in [-0.05, 0) is 81.9 Å². The maximum Gasteiger partial charge on any atom is 0.306 e. The summed E-state index contributed by atoms with van der Waals surface area (Å²) in [4.78, 5) is 16.8. The largest absolute Gasteiger partial charge is 0.493 e. The molecule has 0 radical (unpaired) electrons. The lowest BCUT2D eigenvalue weighted by Crippen LogP contribution is -2.24. The van der Waals surface area contributed by atoms with Crippen LogP contribution in [-0.2, 0) is 16.0 Å². The van der Waals surface area contributed by atoms with Gasteiger partial charge in [0.05, 0.1) is 6.61 Å². The number of aryl methyl sites for hydroxylation is 2. The summed E-state index contributed by atoms with van der Waals surface area (Å²) in [6.45, 7) is 14.1. The van der Waals surface area contributed by atoms with Crippen LogP contribution in [0.3, 0.4) is 0 Å². The molecule has 3 aromatic rings. The first-order valence-electron chi connectivity index (χ1n) is 10.7. The van der Waals surface area contributed by atoms with Crippen LogP contribution < -0.4 is 4.74 Å². The summed E-state index contributed by atoms with van der Waals surface area (Å²) < 4.78 is 15.6. The molecule has 0 amide bonds. The first-order valence-corrected chi connectivity index (χ1v) is 11.5. The normalized spacial score (nSPS) is 11.3. The molecule has 0 bridgehead atoms. The van der Waals surface area contributed by atoms with Crippen LogP contribution in [0.25, 0.3) is 28.0 Å². The number of hydrogen-bond donors (Lipinski definition) is 0. The zero-order valence-corrected chi connectivity index (χ0v) is 20.2. The second-order valence-corrected chi connectivity index (χ2v) is 9.30. The molecule has 0 unspecified atom stereocenters. The van der Waals surface area contributed by atoms with Crippen LogP contribution >= 0.6 is 11.5 Å². The van der Waals surface area contributed by atoms with Gasteiger partial charge >= 0.3 is 5.97 Å². The SMILES string of the molecule is C=Cc1cc(-c2nc(-c3ccc(CCC(=O)OC(C)(C)C)cc3C)ns2)ccc1OCC. The van der Waals surface area contributed by atoms with Crippen molar-refractivity contribution in [3.8, 4) is 27.7 Å². The second-order valence-electron chi connectivity index (χ2n) is 8.55. The van der Waals surface area contributed by atoms with Crippen molar-refractivity contribution in [1.29, 1.82) is 0 Å². The van der Waals surface area contributed by atoms with Crippen LogP contribution in [-0.4, -0.2) is 27.5 Å². The third-order valence-electron chi connectivity index (χ3n) is 4.77. The fourth-order valence-electron chi connectivity index (χ4n) is 3.35. The molecular weight excluding hydrogens is 420 g/mol. The van der Waals surface area contributed by atoms with Crippen LogP contribution in [0.1, 0.15) is 50.8 Å². The van der Waals surface area contributed by atoms with Crippen molar-refractivity contribution in [3.63, 3.8) is 0 Å². The van der Waals surface area contributed by atoms with E-state index in [-0.39, 0.29) is 5.97 Å². The first kappa shape index (κ1) is 23.7. The van der Waals surface area contributed by atoms with E-state index in [1.54, 1.807) is 6.08 Å². The highest BCUT2D eigenvalue weighted by Crippen LogP contribution is 2.31. The third kappa shape index (κ3) is 6.04. The highest BCUT2D eigenvalue weighted by molar-refractivity contribution is 7.09. The molecule has 0 aliphatic carbocycles. The molecule has 2 aromatic carbocycles. The zero-order valence-electron chi connectivity index (χ0n) is 19.4. The number of carbonyl (C=O) groups is 1. The van der Waals surface area contributed by atoms with E-state index in [0.717, 1.165) is 38.6 Å². The quantitative estimate of drug-likeness (QED) is 0.367. The molecule has 0 saturated heterocycles. The van der Waals surface area contributed by atoms with Gasteiger partial charge in [0, 0.05) is 23.1 Å². The topological polar surface area (TPSA) is 61.3 Å². The van der Waals surface area contributed by atoms with E-state index in [9.17, 15) is 4.79 Å². The summed E-state index contributed by atoms with van der Waals surface area (Å²) in [5.41, 5.74) is 4.62. The number of aromatic nitrogens is 2. The van der Waals surface area contributed by atoms with Crippen LogP contribution in [0.2, 0.25) is 0 Å². The third-order valence-corrected chi connectivity index (χ3v) is 5.54. The molecule has 0 spiro atoms. The standard InChI is InChI=1S/C26H30N2O3S/c1-7-19-16-20(11-13-22(19)30-8-2)25-27-24(28-32-25)21-12-9-18(15-17(21)3)10-14-23(29)31-26(4,5)6/h7,9,11-13,15-16H,1,8,10,14H2,2-6H3. The van der Waals surface area contributed by atoms with E-state index >= 15 is 0 Å². The van der Waals surface area contributed by atoms with Crippen molar-refractivity contribution >= 4 is 23.6 Å². The minimum atomic E-state index is -0.458. The highest BCUT2D eigenvalue weighted by atomic mass is 32.1. The maximum absolute atomic E-state index is 12.0. The van der Waals surface area contributed by atoms with Gasteiger partial charge in [0.25, 0.3) is 0 Å². The van der Waals surface area contributed by atoms with E-state index in [1.165, 1.54) is 11.5 Å². The van der Waals surface area contributed by atoms with E-state index in [4.69, 9.17) is 14.5 Å². The lowest BCUT2D eigenvalue weighted by Gasteiger charge is -2.19. The van der Waals surface area contributed by atoms with Crippen molar-refractivity contribution in [2.24, 2.45) is 0 Å². The average Bonchev–Trinajstić information content (AvgIpc) is 3.21. The lowest BCUT2D eigenvalue weighted by molar-refractivity contribution is -0.154. The summed E-state index contributed by atoms with van der Waals surface area (Å²) in [6.07, 6.45) is 2.79. The monoisotopic (exact) mass is 450 g/mol. The Balaban J connectivity index is 1.75. The molecule has 6 heteroatoms. The Bertz CT molecular complexity index is 1110. The molecule has 0 saturated carbocycles. The van der Waals surface area contributed by atoms with E-state index in [0.29, 0.717) is 25.3 Å². The van der Waals surface area contributed by atoms with Crippen molar-refractivity contribution in [2.45, 2.75) is 53.1 Å². The van der Waals surface area contributed by atoms with E-state index in [2.05, 4.69) is 17.0 Å². The number of esters is 1. The number of ether oxygens (including phenoxy) is 2. The minimum Gasteiger partial charge on any atom is -0.493 e. The van der Waals surface area contributed by atoms with Crippen LogP contribution in [0.5, 0.6) is 5.75 Å². The van der Waals surface area contributed by atoms with Gasteiger partial charge < -0.3 is 9.47 Å². The van der Waals surface area contributed by atoms with Gasteiger partial charge in [0.1, 0.15) is 16.4 Å². The molecule has 5 nitrogen and oxygen atoms in total. The molecule has 1 heterocycles. The molecule has 0 aliphatic rings. The van der Waals surface area contributed by atoms with Gasteiger partial charge in [-0.1, -0.05) is 30.9 Å². The van der Waals surface area contributed by atoms with Gasteiger partial charge in [-0.2, -0.15) is 4.37 Å². The Kier molecular flexibility index (Phi) is 7.46. The molecule has 0 fully saturated rings. The summed E-state index contributed by atoms with van der Waals surface area (Å²) in [6, 6.07) is 12.1. The molecule has 0 aliphatic heterocycles. The summed E-state index contributed by atoms with van der Waals surface area (Å²) >= 11 is 1.37. The van der Waals surface area contributed by atoms with Crippen LogP contribution in [0, 0.1) is 6.92 Å². The van der Waals surface area contributed by atoms with Crippen molar-refractivity contribution in [3.05, 3.63) is 59.7 Å². The van der Waals surface area contributed by atoms with Gasteiger partial charge in [-0.15, -0.1) is 0 Å². The number of carbonyl (C=O) groups excluding carboxylic acids is 1. The fourth-order valence-corrected chi connectivity index (χ4v) is 4.02. The van der Waals surface area contributed by atoms with Crippen molar-refractivity contribution in [2.75, 3.05) is 6.61 Å². The van der Waals surface area contributed by atoms with E-state index < -0.39 is 5.60 Å². The van der Waals surface area contributed by atoms with Gasteiger partial charge in [-0.25, -0.2) is 4.98 Å². The zero-order chi connectivity index (χ0) is 23.3. The Hall–Kier alpha value is -2.99. The minimum absolute atomic E-state index is 0.181. The summed E-state index contributed by atoms with van der Waals surface area (Å²) in [5.74, 6) is 1.34. The summed E-state index contributed by atoms with van der Waals surface area (Å²) in [7, 11) is 0. The number of benzene rings is 2. The Morgan fingerprint density at radius 2 is 1.97 bits per heavy atom. The predicted molar refractivity (Wildman–Crippen MR) is 131 cm³/mol. The molecule has 3 rings (SSSR count). The molecule has 0 N–H and O–H groups in total. The van der Waals surface area contributed by atoms with Gasteiger partial charge in [0.2, 0.25) is 0 Å². The van der Waals surface area contributed by atoms with Crippen molar-refractivity contribution in [1.82, 2.24) is 9.36 Å². The van der Waals surface area contributed by atoms with Gasteiger partial charge in [0.15, 0.2) is 5.82 Å². The Morgan fingerprint density at radius 3 is 2.62 bits per heavy atom. The molecule has 0 atom stereocenters. The predicted octanol–water partition coefficient (Wildman–Crippen LogP) is 6.50. The number of hydrogen-bond acceptors (Lipinski definition) is 6. The maximum atomic E-state index is 12.0. The Labute approximate surface area is 194 Å². The second kappa shape index (κ2) is 10.1. The highest BCUT2D eigenvalue weighted by Gasteiger charge is 2.17. The average molecular weight is 451 g/mol. The van der Waals surface area contributed by atoms with Gasteiger partial charge in [-0.3, -0.25) is 4.79 Å². The van der Waals surface area contributed by atoms with Crippen LogP contribution in [0.15, 0.2) is 43.0 Å². The number of nitrogens with zero attached hydrogens (tertiary/aromatic N) is 2. The lowest BCUT2D eigenvalue weighted by atomic mass is 10.0. The Morgan fingerprint density at radius 1 is 1.19 bits per heavy atom.